The van der Waals surface area contributed by atoms with E-state index in [0.717, 1.165) is 30.5 Å². The average Bonchev–Trinajstić information content (AvgIpc) is 2.97. The Morgan fingerprint density at radius 3 is 2.95 bits per heavy atom. The minimum absolute atomic E-state index is 0. The van der Waals surface area contributed by atoms with Gasteiger partial charge >= 0.3 is 0 Å². The molecule has 3 rings (SSSR count). The fourth-order valence-electron chi connectivity index (χ4n) is 2.88. The third-order valence-corrected chi connectivity index (χ3v) is 4.01. The molecule has 0 radical (unpaired) electrons. The molecule has 118 valence electrons. The van der Waals surface area contributed by atoms with Crippen molar-refractivity contribution in [1.29, 1.82) is 0 Å². The number of aromatic nitrogens is 2. The third-order valence-electron chi connectivity index (χ3n) is 4.01. The average molecular weight is 321 g/mol. The molecule has 22 heavy (non-hydrogen) atoms. The highest BCUT2D eigenvalue weighted by molar-refractivity contribution is 5.85. The lowest BCUT2D eigenvalue weighted by Gasteiger charge is -2.23. The van der Waals surface area contributed by atoms with Crippen LogP contribution in [0.15, 0.2) is 36.5 Å². The molecule has 1 aliphatic carbocycles. The molecule has 5 nitrogen and oxygen atoms in total. The number of aryl methyl sites for hydroxylation is 1. The first-order chi connectivity index (χ1) is 10.2. The lowest BCUT2D eigenvalue weighted by Crippen LogP contribution is -2.33. The number of nitrogens with zero attached hydrogens (tertiary/aromatic N) is 1. The van der Waals surface area contributed by atoms with Gasteiger partial charge in [0.05, 0.1) is 17.9 Å². The van der Waals surface area contributed by atoms with Crippen molar-refractivity contribution in [3.8, 4) is 0 Å². The normalized spacial score (nSPS) is 18.0. The van der Waals surface area contributed by atoms with Gasteiger partial charge in [0.25, 0.3) is 0 Å². The Morgan fingerprint density at radius 2 is 2.18 bits per heavy atom. The van der Waals surface area contributed by atoms with E-state index in [0.29, 0.717) is 6.42 Å². The third kappa shape index (κ3) is 3.67. The maximum atomic E-state index is 12.2. The number of benzene rings is 1. The van der Waals surface area contributed by atoms with Crippen LogP contribution in [0.4, 0.5) is 0 Å². The van der Waals surface area contributed by atoms with Crippen molar-refractivity contribution in [1.82, 2.24) is 15.5 Å². The van der Waals surface area contributed by atoms with Gasteiger partial charge in [-0.1, -0.05) is 30.3 Å². The lowest BCUT2D eigenvalue weighted by atomic mass is 9.93. The number of nitrogens with two attached hydrogens (primary N) is 1. The van der Waals surface area contributed by atoms with E-state index in [2.05, 4.69) is 15.5 Å². The summed E-state index contributed by atoms with van der Waals surface area (Å²) in [4.78, 5) is 12.2. The highest BCUT2D eigenvalue weighted by atomic mass is 35.5. The van der Waals surface area contributed by atoms with Crippen LogP contribution in [0, 0.1) is 0 Å². The Kier molecular flexibility index (Phi) is 5.57. The molecule has 2 aromatic rings. The zero-order valence-electron chi connectivity index (χ0n) is 12.3. The van der Waals surface area contributed by atoms with Crippen molar-refractivity contribution < 1.29 is 4.79 Å². The Bertz CT molecular complexity index is 614. The lowest BCUT2D eigenvalue weighted by molar-refractivity contribution is -0.122. The van der Waals surface area contributed by atoms with Gasteiger partial charge in [0.15, 0.2) is 0 Å². The molecule has 2 atom stereocenters. The van der Waals surface area contributed by atoms with E-state index in [1.54, 1.807) is 0 Å². The number of hydrogen-bond acceptors (Lipinski definition) is 3. The predicted octanol–water partition coefficient (Wildman–Crippen LogP) is 2.42. The number of nitrogens with one attached hydrogen (secondary N) is 2. The summed E-state index contributed by atoms with van der Waals surface area (Å²) in [6.07, 6.45) is 5.19. The Balaban J connectivity index is 0.00000176. The van der Waals surface area contributed by atoms with E-state index in [9.17, 15) is 4.79 Å². The van der Waals surface area contributed by atoms with Crippen LogP contribution in [-0.2, 0) is 11.2 Å². The number of carbonyl (C=O) groups excluding carboxylic acids is 1. The van der Waals surface area contributed by atoms with Crippen LogP contribution in [0.5, 0.6) is 0 Å². The first kappa shape index (κ1) is 16.5. The van der Waals surface area contributed by atoms with Gasteiger partial charge in [0.2, 0.25) is 5.91 Å². The molecule has 0 saturated heterocycles. The largest absolute Gasteiger partial charge is 0.348 e. The number of H-pyrrole nitrogens is 1. The molecule has 0 aliphatic heterocycles. The van der Waals surface area contributed by atoms with Crippen LogP contribution in [0.3, 0.4) is 0 Å². The summed E-state index contributed by atoms with van der Waals surface area (Å²) in [7, 11) is 0. The highest BCUT2D eigenvalue weighted by Crippen LogP contribution is 2.27. The zero-order chi connectivity index (χ0) is 14.7. The smallest absolute Gasteiger partial charge is 0.222 e. The first-order valence-electron chi connectivity index (χ1n) is 7.36. The minimum Gasteiger partial charge on any atom is -0.348 e. The molecule has 1 aliphatic rings. The van der Waals surface area contributed by atoms with E-state index in [1.807, 2.05) is 36.5 Å². The van der Waals surface area contributed by atoms with E-state index < -0.39 is 0 Å². The number of aromatic amines is 1. The van der Waals surface area contributed by atoms with Crippen LogP contribution in [0.25, 0.3) is 0 Å². The molecule has 0 bridgehead atoms. The van der Waals surface area contributed by atoms with Crippen LogP contribution >= 0.6 is 12.4 Å². The standard InChI is InChI=1S/C16H20N4O.ClH/c17-13(11-5-2-1-3-6-11)9-15(21)19-14-8-4-7-12-10-18-20-16(12)14;/h1-3,5-6,10,13-14H,4,7-9,17H2,(H,18,20)(H,19,21);1H. The highest BCUT2D eigenvalue weighted by Gasteiger charge is 2.24. The fraction of sp³-hybridized carbons (Fsp3) is 0.375. The topological polar surface area (TPSA) is 83.8 Å². The molecule has 4 N–H and O–H groups in total. The number of hydrogen-bond donors (Lipinski definition) is 3. The summed E-state index contributed by atoms with van der Waals surface area (Å²) >= 11 is 0. The molecule has 0 fully saturated rings. The van der Waals surface area contributed by atoms with Gasteiger partial charge in [0, 0.05) is 12.5 Å². The predicted molar refractivity (Wildman–Crippen MR) is 87.6 cm³/mol. The van der Waals surface area contributed by atoms with Crippen LogP contribution in [0.1, 0.15) is 48.2 Å². The summed E-state index contributed by atoms with van der Waals surface area (Å²) in [6.45, 7) is 0. The maximum absolute atomic E-state index is 12.2. The molecular weight excluding hydrogens is 300 g/mol. The number of fused-ring (bicyclic) bond motifs is 1. The molecule has 0 saturated carbocycles. The molecule has 1 aromatic heterocycles. The van der Waals surface area contributed by atoms with E-state index in [4.69, 9.17) is 5.73 Å². The SMILES string of the molecule is Cl.NC(CC(=O)NC1CCCc2cn[nH]c21)c1ccccc1. The van der Waals surface area contributed by atoms with Gasteiger partial charge in [-0.2, -0.15) is 5.10 Å². The first-order valence-corrected chi connectivity index (χ1v) is 7.36. The van der Waals surface area contributed by atoms with Crippen LogP contribution < -0.4 is 11.1 Å². The number of halogens is 1. The van der Waals surface area contributed by atoms with Gasteiger partial charge < -0.3 is 11.1 Å². The van der Waals surface area contributed by atoms with E-state index in [1.165, 1.54) is 5.56 Å². The maximum Gasteiger partial charge on any atom is 0.222 e. The molecule has 2 unspecified atom stereocenters. The van der Waals surface area contributed by atoms with Crippen molar-refractivity contribution >= 4 is 18.3 Å². The van der Waals surface area contributed by atoms with Gasteiger partial charge in [-0.15, -0.1) is 12.4 Å². The van der Waals surface area contributed by atoms with Crippen molar-refractivity contribution in [3.05, 3.63) is 53.3 Å². The van der Waals surface area contributed by atoms with Crippen molar-refractivity contribution in [2.45, 2.75) is 37.8 Å². The molecule has 6 heteroatoms. The number of carbonyl (C=O) groups is 1. The second-order valence-corrected chi connectivity index (χ2v) is 5.54. The van der Waals surface area contributed by atoms with E-state index >= 15 is 0 Å². The second-order valence-electron chi connectivity index (χ2n) is 5.54. The van der Waals surface area contributed by atoms with Crippen LogP contribution in [-0.4, -0.2) is 16.1 Å². The summed E-state index contributed by atoms with van der Waals surface area (Å²) in [5.74, 6) is -0.0150. The Labute approximate surface area is 136 Å². The van der Waals surface area contributed by atoms with Crippen molar-refractivity contribution in [2.75, 3.05) is 0 Å². The number of amides is 1. The van der Waals surface area contributed by atoms with Crippen molar-refractivity contribution in [3.63, 3.8) is 0 Å². The molecule has 1 heterocycles. The minimum atomic E-state index is -0.268. The molecule has 0 spiro atoms. The molecule has 1 amide bonds. The fourth-order valence-corrected chi connectivity index (χ4v) is 2.88. The summed E-state index contributed by atoms with van der Waals surface area (Å²) in [5.41, 5.74) is 9.33. The summed E-state index contributed by atoms with van der Waals surface area (Å²) < 4.78 is 0. The quantitative estimate of drug-likeness (QED) is 0.809. The van der Waals surface area contributed by atoms with Crippen LogP contribution in [0.2, 0.25) is 0 Å². The molecular formula is C16H21ClN4O. The monoisotopic (exact) mass is 320 g/mol. The van der Waals surface area contributed by atoms with E-state index in [-0.39, 0.29) is 30.4 Å². The van der Waals surface area contributed by atoms with Gasteiger partial charge in [-0.3, -0.25) is 9.89 Å². The van der Waals surface area contributed by atoms with Gasteiger partial charge in [-0.25, -0.2) is 0 Å². The van der Waals surface area contributed by atoms with Gasteiger partial charge in [-0.05, 0) is 30.4 Å². The summed E-state index contributed by atoms with van der Waals surface area (Å²) in [6, 6.07) is 9.48. The second kappa shape index (κ2) is 7.42. The summed E-state index contributed by atoms with van der Waals surface area (Å²) in [5, 5.41) is 10.1. The number of rotatable bonds is 4. The van der Waals surface area contributed by atoms with Crippen molar-refractivity contribution in [2.24, 2.45) is 5.73 Å². The zero-order valence-corrected chi connectivity index (χ0v) is 13.1. The van der Waals surface area contributed by atoms with Gasteiger partial charge in [0.1, 0.15) is 0 Å². The Hall–Kier alpha value is -1.85. The molecule has 1 aromatic carbocycles. The Morgan fingerprint density at radius 1 is 1.41 bits per heavy atom.